The molecule has 0 aromatic carbocycles. The number of carbonyl (C=O) groups excluding carboxylic acids is 1. The SMILES string of the molecule is Cc1ccnc(NC(=O)c2nn3c(C(F)(F)F)cc(-c4ccco4)nc3c2Br)c1. The largest absolute Gasteiger partial charge is 0.463 e. The van der Waals surface area contributed by atoms with Gasteiger partial charge in [0.2, 0.25) is 0 Å². The number of alkyl halides is 3. The Hall–Kier alpha value is -3.21. The van der Waals surface area contributed by atoms with Crippen LogP contribution in [-0.4, -0.2) is 25.5 Å². The van der Waals surface area contributed by atoms with Gasteiger partial charge in [-0.25, -0.2) is 14.5 Å². The van der Waals surface area contributed by atoms with E-state index >= 15 is 0 Å². The maximum absolute atomic E-state index is 13.6. The first-order valence-corrected chi connectivity index (χ1v) is 8.97. The standard InChI is InChI=1S/C18H11BrF3N5O2/c1-9-4-5-23-13(7-9)25-17(28)15-14(19)16-24-10(11-3-2-6-29-11)8-12(18(20,21)22)27(16)26-15/h2-8H,1H3,(H,23,25,28). The topological polar surface area (TPSA) is 85.3 Å². The molecule has 4 aromatic rings. The number of aryl methyl sites for hydroxylation is 1. The number of carbonyl (C=O) groups is 1. The van der Waals surface area contributed by atoms with E-state index in [9.17, 15) is 18.0 Å². The molecule has 4 aromatic heterocycles. The van der Waals surface area contributed by atoms with E-state index in [0.717, 1.165) is 11.6 Å². The number of nitrogens with one attached hydrogen (secondary N) is 1. The third-order valence-electron chi connectivity index (χ3n) is 3.97. The molecular formula is C18H11BrF3N5O2. The lowest BCUT2D eigenvalue weighted by molar-refractivity contribution is -0.142. The monoisotopic (exact) mass is 465 g/mol. The number of pyridine rings is 1. The lowest BCUT2D eigenvalue weighted by atomic mass is 10.2. The summed E-state index contributed by atoms with van der Waals surface area (Å²) >= 11 is 3.15. The van der Waals surface area contributed by atoms with Gasteiger partial charge in [-0.15, -0.1) is 0 Å². The highest BCUT2D eigenvalue weighted by Crippen LogP contribution is 2.34. The van der Waals surface area contributed by atoms with E-state index in [0.29, 0.717) is 4.52 Å². The summed E-state index contributed by atoms with van der Waals surface area (Å²) in [6.07, 6.45) is -1.91. The predicted octanol–water partition coefficient (Wildman–Crippen LogP) is 4.73. The fourth-order valence-electron chi connectivity index (χ4n) is 2.67. The molecule has 0 radical (unpaired) electrons. The van der Waals surface area contributed by atoms with Crippen LogP contribution in [0.25, 0.3) is 17.1 Å². The molecule has 0 fully saturated rings. The molecule has 0 spiro atoms. The van der Waals surface area contributed by atoms with Crippen LogP contribution in [0, 0.1) is 6.92 Å². The summed E-state index contributed by atoms with van der Waals surface area (Å²) in [4.78, 5) is 20.8. The summed E-state index contributed by atoms with van der Waals surface area (Å²) < 4.78 is 46.6. The maximum Gasteiger partial charge on any atom is 0.433 e. The first-order valence-electron chi connectivity index (χ1n) is 8.18. The zero-order valence-electron chi connectivity index (χ0n) is 14.7. The molecule has 0 aliphatic heterocycles. The van der Waals surface area contributed by atoms with Crippen LogP contribution in [0.5, 0.6) is 0 Å². The highest BCUT2D eigenvalue weighted by atomic mass is 79.9. The summed E-state index contributed by atoms with van der Waals surface area (Å²) in [5.41, 5.74) is -0.713. The molecule has 0 aliphatic rings. The average Bonchev–Trinajstić information content (AvgIpc) is 3.29. The van der Waals surface area contributed by atoms with E-state index in [-0.39, 0.29) is 33.1 Å². The number of hydrogen-bond donors (Lipinski definition) is 1. The first kappa shape index (κ1) is 19.1. The Kier molecular flexibility index (Phi) is 4.61. The van der Waals surface area contributed by atoms with Crippen LogP contribution in [0.3, 0.4) is 0 Å². The van der Waals surface area contributed by atoms with Crippen molar-refractivity contribution >= 4 is 33.3 Å². The Morgan fingerprint density at radius 2 is 2.07 bits per heavy atom. The van der Waals surface area contributed by atoms with E-state index in [4.69, 9.17) is 4.42 Å². The number of fused-ring (bicyclic) bond motifs is 1. The Morgan fingerprint density at radius 3 is 2.72 bits per heavy atom. The van der Waals surface area contributed by atoms with Gasteiger partial charge >= 0.3 is 6.18 Å². The first-order chi connectivity index (χ1) is 13.7. The molecule has 29 heavy (non-hydrogen) atoms. The van der Waals surface area contributed by atoms with Crippen LogP contribution in [0.4, 0.5) is 19.0 Å². The molecule has 4 rings (SSSR count). The van der Waals surface area contributed by atoms with Crippen LogP contribution < -0.4 is 5.32 Å². The molecule has 0 unspecified atom stereocenters. The Bertz CT molecular complexity index is 1220. The van der Waals surface area contributed by atoms with Gasteiger partial charge in [0.05, 0.1) is 10.7 Å². The molecule has 7 nitrogen and oxygen atoms in total. The summed E-state index contributed by atoms with van der Waals surface area (Å²) in [6.45, 7) is 1.81. The number of furan rings is 1. The normalized spacial score (nSPS) is 11.8. The Balaban J connectivity index is 1.84. The highest BCUT2D eigenvalue weighted by Gasteiger charge is 2.37. The molecule has 0 bridgehead atoms. The smallest absolute Gasteiger partial charge is 0.433 e. The number of nitrogens with zero attached hydrogens (tertiary/aromatic N) is 4. The molecule has 0 aliphatic carbocycles. The number of halogens is 4. The minimum Gasteiger partial charge on any atom is -0.463 e. The van der Waals surface area contributed by atoms with Crippen molar-refractivity contribution in [3.05, 3.63) is 64.2 Å². The van der Waals surface area contributed by atoms with Crippen molar-refractivity contribution < 1.29 is 22.4 Å². The Morgan fingerprint density at radius 1 is 1.28 bits per heavy atom. The lowest BCUT2D eigenvalue weighted by Crippen LogP contribution is -2.16. The number of aromatic nitrogens is 4. The molecule has 1 N–H and O–H groups in total. The van der Waals surface area contributed by atoms with E-state index in [1.165, 1.54) is 24.6 Å². The van der Waals surface area contributed by atoms with Gasteiger partial charge in [-0.3, -0.25) is 4.79 Å². The fraction of sp³-hybridized carbons (Fsp3) is 0.111. The number of anilines is 1. The third kappa shape index (κ3) is 3.60. The zero-order chi connectivity index (χ0) is 20.8. The molecule has 148 valence electrons. The lowest BCUT2D eigenvalue weighted by Gasteiger charge is -2.10. The van der Waals surface area contributed by atoms with Gasteiger partial charge in [-0.1, -0.05) is 0 Å². The highest BCUT2D eigenvalue weighted by molar-refractivity contribution is 9.10. The van der Waals surface area contributed by atoms with Gasteiger partial charge < -0.3 is 9.73 Å². The van der Waals surface area contributed by atoms with Crippen molar-refractivity contribution in [1.82, 2.24) is 19.6 Å². The summed E-state index contributed by atoms with van der Waals surface area (Å²) in [5.74, 6) is -0.326. The summed E-state index contributed by atoms with van der Waals surface area (Å²) in [6, 6.07) is 7.20. The minimum absolute atomic E-state index is 0.0153. The van der Waals surface area contributed by atoms with Crippen LogP contribution in [0.2, 0.25) is 0 Å². The molecule has 0 atom stereocenters. The molecule has 0 saturated heterocycles. The van der Waals surface area contributed by atoms with Gasteiger partial charge in [0, 0.05) is 6.20 Å². The van der Waals surface area contributed by atoms with Crippen molar-refractivity contribution in [3.63, 3.8) is 0 Å². The number of amides is 1. The third-order valence-corrected chi connectivity index (χ3v) is 4.70. The second kappa shape index (κ2) is 6.99. The van der Waals surface area contributed by atoms with Gasteiger partial charge in [0.25, 0.3) is 5.91 Å². The second-order valence-electron chi connectivity index (χ2n) is 6.07. The molecule has 4 heterocycles. The van der Waals surface area contributed by atoms with Gasteiger partial charge in [-0.2, -0.15) is 18.3 Å². The van der Waals surface area contributed by atoms with Crippen molar-refractivity contribution in [2.75, 3.05) is 5.32 Å². The van der Waals surface area contributed by atoms with E-state index in [1.807, 2.05) is 6.92 Å². The fourth-order valence-corrected chi connectivity index (χ4v) is 3.19. The molecule has 1 amide bonds. The minimum atomic E-state index is -4.74. The number of rotatable bonds is 3. The van der Waals surface area contributed by atoms with Crippen molar-refractivity contribution in [2.45, 2.75) is 13.1 Å². The van der Waals surface area contributed by atoms with Crippen LogP contribution >= 0.6 is 15.9 Å². The van der Waals surface area contributed by atoms with Crippen molar-refractivity contribution in [2.24, 2.45) is 0 Å². The van der Waals surface area contributed by atoms with Crippen molar-refractivity contribution in [3.8, 4) is 11.5 Å². The van der Waals surface area contributed by atoms with Gasteiger partial charge in [0.1, 0.15) is 11.5 Å². The number of hydrogen-bond acceptors (Lipinski definition) is 5. The maximum atomic E-state index is 13.6. The summed E-state index contributed by atoms with van der Waals surface area (Å²) in [5, 5.41) is 6.35. The van der Waals surface area contributed by atoms with E-state index in [2.05, 4.69) is 36.3 Å². The molecular weight excluding hydrogens is 455 g/mol. The Labute approximate surface area is 169 Å². The van der Waals surface area contributed by atoms with E-state index in [1.54, 1.807) is 12.1 Å². The van der Waals surface area contributed by atoms with Crippen LogP contribution in [0.15, 0.2) is 51.7 Å². The zero-order valence-corrected chi connectivity index (χ0v) is 16.2. The van der Waals surface area contributed by atoms with Crippen LogP contribution in [-0.2, 0) is 6.18 Å². The quantitative estimate of drug-likeness (QED) is 0.472. The van der Waals surface area contributed by atoms with Gasteiger partial charge in [0.15, 0.2) is 22.8 Å². The van der Waals surface area contributed by atoms with Crippen molar-refractivity contribution in [1.29, 1.82) is 0 Å². The van der Waals surface area contributed by atoms with Crippen LogP contribution in [0.1, 0.15) is 21.7 Å². The van der Waals surface area contributed by atoms with E-state index < -0.39 is 17.8 Å². The predicted molar refractivity (Wildman–Crippen MR) is 100 cm³/mol. The average molecular weight is 466 g/mol. The molecule has 0 saturated carbocycles. The second-order valence-corrected chi connectivity index (χ2v) is 6.87. The summed E-state index contributed by atoms with van der Waals surface area (Å²) in [7, 11) is 0. The molecule has 11 heteroatoms. The van der Waals surface area contributed by atoms with Gasteiger partial charge in [-0.05, 0) is 58.7 Å².